The predicted molar refractivity (Wildman–Crippen MR) is 95.9 cm³/mol. The van der Waals surface area contributed by atoms with Gasteiger partial charge in [-0.05, 0) is 37.1 Å². The van der Waals surface area contributed by atoms with Crippen LogP contribution in [0.5, 0.6) is 0 Å². The molecule has 0 atom stereocenters. The fourth-order valence-corrected chi connectivity index (χ4v) is 5.36. The number of thioether (sulfide) groups is 1. The van der Waals surface area contributed by atoms with Crippen molar-refractivity contribution in [3.05, 3.63) is 48.7 Å². The second-order valence-corrected chi connectivity index (χ2v) is 9.27. The molecule has 0 unspecified atom stereocenters. The molecule has 0 N–H and O–H groups in total. The van der Waals surface area contributed by atoms with Crippen LogP contribution in [0.2, 0.25) is 0 Å². The van der Waals surface area contributed by atoms with Crippen molar-refractivity contribution in [1.82, 2.24) is 9.88 Å². The Labute approximate surface area is 151 Å². The van der Waals surface area contributed by atoms with Crippen molar-refractivity contribution in [3.8, 4) is 0 Å². The topological polar surface area (TPSA) is 80.5 Å². The normalized spacial score (nSPS) is 16.1. The van der Waals surface area contributed by atoms with Crippen LogP contribution in [-0.2, 0) is 20.4 Å². The molecule has 0 spiro atoms. The van der Waals surface area contributed by atoms with Crippen LogP contribution < -0.4 is 0 Å². The summed E-state index contributed by atoms with van der Waals surface area (Å²) in [5.41, 5.74) is 0. The number of amides is 1. The highest BCUT2D eigenvalue weighted by Gasteiger charge is 2.32. The van der Waals surface area contributed by atoms with E-state index >= 15 is 0 Å². The highest BCUT2D eigenvalue weighted by atomic mass is 32.2. The zero-order valence-electron chi connectivity index (χ0n) is 13.7. The number of hydrogen-bond acceptors (Lipinski definition) is 6. The molecule has 0 aliphatic carbocycles. The minimum Gasteiger partial charge on any atom is -0.468 e. The summed E-state index contributed by atoms with van der Waals surface area (Å²) in [6.07, 6.45) is 5.83. The number of carbonyl (C=O) groups excluding carboxylic acids is 1. The van der Waals surface area contributed by atoms with Gasteiger partial charge in [-0.2, -0.15) is 0 Å². The van der Waals surface area contributed by atoms with Gasteiger partial charge in [-0.25, -0.2) is 8.42 Å². The first kappa shape index (κ1) is 18.0. The lowest BCUT2D eigenvalue weighted by atomic mass is 10.1. The first-order chi connectivity index (χ1) is 12.0. The fourth-order valence-electron chi connectivity index (χ4n) is 2.85. The monoisotopic (exact) mass is 380 g/mol. The van der Waals surface area contributed by atoms with E-state index in [1.807, 2.05) is 12.1 Å². The number of piperidine rings is 1. The number of carbonyl (C=O) groups is 1. The SMILES string of the molecule is O=C(CSc1ccncc1)N1CCC(S(=O)(=O)Cc2ccco2)CC1. The summed E-state index contributed by atoms with van der Waals surface area (Å²) in [4.78, 5) is 19.0. The van der Waals surface area contributed by atoms with Crippen LogP contribution in [0.25, 0.3) is 0 Å². The van der Waals surface area contributed by atoms with Crippen LogP contribution in [0.3, 0.4) is 0 Å². The van der Waals surface area contributed by atoms with Crippen LogP contribution >= 0.6 is 11.8 Å². The van der Waals surface area contributed by atoms with E-state index in [4.69, 9.17) is 4.42 Å². The molecule has 1 aliphatic rings. The van der Waals surface area contributed by atoms with Crippen molar-refractivity contribution in [3.63, 3.8) is 0 Å². The third-order valence-corrected chi connectivity index (χ3v) is 7.41. The number of nitrogens with zero attached hydrogens (tertiary/aromatic N) is 2. The standard InChI is InChI=1S/C17H20N2O4S2/c20-17(12-24-15-3-7-18-8-4-15)19-9-5-16(6-10-19)25(21,22)13-14-2-1-11-23-14/h1-4,7-8,11,16H,5-6,9-10,12-13H2. The van der Waals surface area contributed by atoms with Crippen LogP contribution in [0, 0.1) is 0 Å². The summed E-state index contributed by atoms with van der Waals surface area (Å²) >= 11 is 1.47. The average Bonchev–Trinajstić information content (AvgIpc) is 3.13. The number of likely N-dealkylation sites (tertiary alicyclic amines) is 1. The number of rotatable bonds is 6. The van der Waals surface area contributed by atoms with E-state index in [0.717, 1.165) is 4.90 Å². The van der Waals surface area contributed by atoms with Gasteiger partial charge in [-0.15, -0.1) is 11.8 Å². The molecule has 6 nitrogen and oxygen atoms in total. The molecule has 3 heterocycles. The lowest BCUT2D eigenvalue weighted by Crippen LogP contribution is -2.43. The predicted octanol–water partition coefficient (Wildman–Crippen LogP) is 2.37. The molecule has 0 saturated carbocycles. The summed E-state index contributed by atoms with van der Waals surface area (Å²) in [7, 11) is -3.25. The Morgan fingerprint density at radius 2 is 1.96 bits per heavy atom. The molecular formula is C17H20N2O4S2. The average molecular weight is 380 g/mol. The van der Waals surface area contributed by atoms with Gasteiger partial charge in [0.25, 0.3) is 0 Å². The minimum absolute atomic E-state index is 0.0451. The number of pyridine rings is 1. The molecule has 1 aliphatic heterocycles. The van der Waals surface area contributed by atoms with Crippen LogP contribution in [-0.4, -0.2) is 48.3 Å². The van der Waals surface area contributed by atoms with Crippen LogP contribution in [0.1, 0.15) is 18.6 Å². The summed E-state index contributed by atoms with van der Waals surface area (Å²) in [6, 6.07) is 7.09. The van der Waals surface area contributed by atoms with Gasteiger partial charge in [-0.1, -0.05) is 0 Å². The molecule has 0 aromatic carbocycles. The van der Waals surface area contributed by atoms with Crippen molar-refractivity contribution in [2.24, 2.45) is 0 Å². The first-order valence-corrected chi connectivity index (χ1v) is 10.8. The highest BCUT2D eigenvalue weighted by Crippen LogP contribution is 2.23. The van der Waals surface area contributed by atoms with E-state index in [9.17, 15) is 13.2 Å². The minimum atomic E-state index is -3.25. The zero-order chi connectivity index (χ0) is 17.7. The third-order valence-electron chi connectivity index (χ3n) is 4.24. The van der Waals surface area contributed by atoms with Gasteiger partial charge in [0, 0.05) is 30.4 Å². The fraction of sp³-hybridized carbons (Fsp3) is 0.412. The van der Waals surface area contributed by atoms with Crippen molar-refractivity contribution in [2.45, 2.75) is 28.7 Å². The maximum Gasteiger partial charge on any atom is 0.232 e. The van der Waals surface area contributed by atoms with Crippen LogP contribution in [0.15, 0.2) is 52.2 Å². The lowest BCUT2D eigenvalue weighted by Gasteiger charge is -2.31. The molecule has 0 radical (unpaired) electrons. The van der Waals surface area contributed by atoms with Crippen molar-refractivity contribution in [2.75, 3.05) is 18.8 Å². The quantitative estimate of drug-likeness (QED) is 0.716. The second kappa shape index (κ2) is 8.05. The van der Waals surface area contributed by atoms with Crippen molar-refractivity contribution >= 4 is 27.5 Å². The van der Waals surface area contributed by atoms with Gasteiger partial charge >= 0.3 is 0 Å². The Morgan fingerprint density at radius 3 is 2.60 bits per heavy atom. The zero-order valence-corrected chi connectivity index (χ0v) is 15.3. The van der Waals surface area contributed by atoms with Gasteiger partial charge in [0.15, 0.2) is 9.84 Å². The van der Waals surface area contributed by atoms with Gasteiger partial charge < -0.3 is 9.32 Å². The van der Waals surface area contributed by atoms with E-state index in [-0.39, 0.29) is 11.7 Å². The molecule has 3 rings (SSSR count). The highest BCUT2D eigenvalue weighted by molar-refractivity contribution is 8.00. The molecule has 0 bridgehead atoms. The van der Waals surface area contributed by atoms with E-state index in [1.54, 1.807) is 29.4 Å². The second-order valence-electron chi connectivity index (χ2n) is 5.94. The summed E-state index contributed by atoms with van der Waals surface area (Å²) < 4.78 is 30.1. The smallest absolute Gasteiger partial charge is 0.232 e. The molecule has 1 amide bonds. The maximum absolute atomic E-state index is 12.5. The van der Waals surface area contributed by atoms with E-state index in [2.05, 4.69) is 4.98 Å². The Hall–Kier alpha value is -1.80. The molecule has 25 heavy (non-hydrogen) atoms. The molecular weight excluding hydrogens is 360 g/mol. The Kier molecular flexibility index (Phi) is 5.80. The van der Waals surface area contributed by atoms with Gasteiger partial charge in [-0.3, -0.25) is 9.78 Å². The number of aromatic nitrogens is 1. The Bertz CT molecular complexity index is 783. The molecule has 2 aromatic rings. The maximum atomic E-state index is 12.5. The third kappa shape index (κ3) is 4.85. The lowest BCUT2D eigenvalue weighted by molar-refractivity contribution is -0.129. The van der Waals surface area contributed by atoms with Crippen LogP contribution in [0.4, 0.5) is 0 Å². The van der Waals surface area contributed by atoms with Gasteiger partial charge in [0.05, 0.1) is 17.3 Å². The summed E-state index contributed by atoms with van der Waals surface area (Å²) in [5, 5.41) is -0.408. The molecule has 1 fully saturated rings. The number of furan rings is 1. The largest absolute Gasteiger partial charge is 0.468 e. The number of sulfone groups is 1. The molecule has 1 saturated heterocycles. The molecule has 2 aromatic heterocycles. The van der Waals surface area contributed by atoms with Crippen molar-refractivity contribution < 1.29 is 17.6 Å². The van der Waals surface area contributed by atoms with E-state index < -0.39 is 15.1 Å². The Balaban J connectivity index is 1.48. The van der Waals surface area contributed by atoms with Gasteiger partial charge in [0.2, 0.25) is 5.91 Å². The van der Waals surface area contributed by atoms with E-state index in [0.29, 0.717) is 37.4 Å². The van der Waals surface area contributed by atoms with E-state index in [1.165, 1.54) is 18.0 Å². The van der Waals surface area contributed by atoms with Gasteiger partial charge in [0.1, 0.15) is 11.5 Å². The Morgan fingerprint density at radius 1 is 1.24 bits per heavy atom. The first-order valence-electron chi connectivity index (χ1n) is 8.09. The van der Waals surface area contributed by atoms with Crippen molar-refractivity contribution in [1.29, 1.82) is 0 Å². The summed E-state index contributed by atoms with van der Waals surface area (Å²) in [6.45, 7) is 0.968. The number of hydrogen-bond donors (Lipinski definition) is 0. The summed E-state index contributed by atoms with van der Waals surface area (Å²) in [5.74, 6) is 0.792. The molecule has 8 heteroatoms. The molecule has 134 valence electrons.